The van der Waals surface area contributed by atoms with E-state index in [0.717, 1.165) is 23.9 Å². The molecular formula is C17H33N. The van der Waals surface area contributed by atoms with Crippen LogP contribution in [-0.2, 0) is 0 Å². The fourth-order valence-corrected chi connectivity index (χ4v) is 4.62. The van der Waals surface area contributed by atoms with Crippen molar-refractivity contribution in [2.24, 2.45) is 17.3 Å². The van der Waals surface area contributed by atoms with E-state index >= 15 is 0 Å². The number of nitrogens with one attached hydrogen (secondary N) is 1. The third kappa shape index (κ3) is 3.98. The predicted molar refractivity (Wildman–Crippen MR) is 79.8 cm³/mol. The first-order valence-electron chi connectivity index (χ1n) is 8.22. The van der Waals surface area contributed by atoms with Crippen molar-refractivity contribution in [3.05, 3.63) is 0 Å². The topological polar surface area (TPSA) is 12.0 Å². The van der Waals surface area contributed by atoms with Gasteiger partial charge >= 0.3 is 0 Å². The van der Waals surface area contributed by atoms with E-state index in [0.29, 0.717) is 5.41 Å². The highest BCUT2D eigenvalue weighted by Crippen LogP contribution is 2.39. The first-order chi connectivity index (χ1) is 8.46. The van der Waals surface area contributed by atoms with Crippen molar-refractivity contribution in [2.45, 2.75) is 91.1 Å². The third-order valence-electron chi connectivity index (χ3n) is 5.24. The second-order valence-corrected chi connectivity index (χ2v) is 7.96. The van der Waals surface area contributed by atoms with Crippen LogP contribution in [0, 0.1) is 17.3 Å². The molecule has 1 heteroatoms. The van der Waals surface area contributed by atoms with Gasteiger partial charge in [0.05, 0.1) is 0 Å². The average molecular weight is 251 g/mol. The molecule has 2 unspecified atom stereocenters. The summed E-state index contributed by atoms with van der Waals surface area (Å²) in [4.78, 5) is 0. The SMILES string of the molecule is CC1CC(N[C@@H](C)C2CCCCC2)CC(C)(C)C1. The summed E-state index contributed by atoms with van der Waals surface area (Å²) in [5, 5.41) is 3.97. The monoisotopic (exact) mass is 251 g/mol. The average Bonchev–Trinajstić information content (AvgIpc) is 2.27. The second kappa shape index (κ2) is 5.94. The molecule has 0 saturated heterocycles. The quantitative estimate of drug-likeness (QED) is 0.762. The zero-order chi connectivity index (χ0) is 13.2. The maximum Gasteiger partial charge on any atom is 0.00772 e. The van der Waals surface area contributed by atoms with Crippen LogP contribution < -0.4 is 5.32 Å². The van der Waals surface area contributed by atoms with E-state index < -0.39 is 0 Å². The molecule has 1 nitrogen and oxygen atoms in total. The van der Waals surface area contributed by atoms with Gasteiger partial charge in [0, 0.05) is 12.1 Å². The number of hydrogen-bond acceptors (Lipinski definition) is 1. The minimum absolute atomic E-state index is 0.543. The molecule has 0 aromatic carbocycles. The second-order valence-electron chi connectivity index (χ2n) is 7.96. The van der Waals surface area contributed by atoms with Crippen LogP contribution in [0.15, 0.2) is 0 Å². The van der Waals surface area contributed by atoms with Crippen LogP contribution in [-0.4, -0.2) is 12.1 Å². The first-order valence-corrected chi connectivity index (χ1v) is 8.22. The highest BCUT2D eigenvalue weighted by Gasteiger charge is 2.33. The van der Waals surface area contributed by atoms with Crippen molar-refractivity contribution in [1.82, 2.24) is 5.32 Å². The Morgan fingerprint density at radius 1 is 1.06 bits per heavy atom. The van der Waals surface area contributed by atoms with E-state index in [1.165, 1.54) is 51.4 Å². The first kappa shape index (κ1) is 14.4. The van der Waals surface area contributed by atoms with E-state index in [1.807, 2.05) is 0 Å². The largest absolute Gasteiger partial charge is 0.311 e. The van der Waals surface area contributed by atoms with Crippen molar-refractivity contribution in [3.63, 3.8) is 0 Å². The number of rotatable bonds is 3. The Bertz CT molecular complexity index is 252. The highest BCUT2D eigenvalue weighted by molar-refractivity contribution is 4.89. The summed E-state index contributed by atoms with van der Waals surface area (Å²) in [7, 11) is 0. The normalized spacial score (nSPS) is 35.3. The van der Waals surface area contributed by atoms with Crippen molar-refractivity contribution in [2.75, 3.05) is 0 Å². The van der Waals surface area contributed by atoms with Crippen molar-refractivity contribution in [3.8, 4) is 0 Å². The summed E-state index contributed by atoms with van der Waals surface area (Å²) in [5.74, 6) is 1.84. The Morgan fingerprint density at radius 3 is 2.33 bits per heavy atom. The van der Waals surface area contributed by atoms with Crippen LogP contribution >= 0.6 is 0 Å². The van der Waals surface area contributed by atoms with Gasteiger partial charge in [-0.2, -0.15) is 0 Å². The summed E-state index contributed by atoms with van der Waals surface area (Å²) in [6.45, 7) is 9.76. The molecule has 2 fully saturated rings. The summed E-state index contributed by atoms with van der Waals surface area (Å²) < 4.78 is 0. The standard InChI is InChI=1S/C17H33N/c1-13-10-16(12-17(3,4)11-13)18-14(2)15-8-6-5-7-9-15/h13-16,18H,5-12H2,1-4H3/t13?,14-,16?/m0/s1. The Labute approximate surface area is 114 Å². The van der Waals surface area contributed by atoms with Crippen molar-refractivity contribution < 1.29 is 0 Å². The summed E-state index contributed by atoms with van der Waals surface area (Å²) in [6, 6.07) is 1.50. The fraction of sp³-hybridized carbons (Fsp3) is 1.00. The van der Waals surface area contributed by atoms with Crippen LogP contribution in [0.3, 0.4) is 0 Å². The molecule has 0 spiro atoms. The lowest BCUT2D eigenvalue weighted by Gasteiger charge is -2.41. The van der Waals surface area contributed by atoms with Crippen LogP contribution in [0.1, 0.15) is 79.1 Å². The van der Waals surface area contributed by atoms with Crippen LogP contribution in [0.2, 0.25) is 0 Å². The van der Waals surface area contributed by atoms with Gasteiger partial charge in [0.25, 0.3) is 0 Å². The Hall–Kier alpha value is -0.0400. The van der Waals surface area contributed by atoms with Gasteiger partial charge < -0.3 is 5.32 Å². The van der Waals surface area contributed by atoms with Crippen LogP contribution in [0.4, 0.5) is 0 Å². The maximum absolute atomic E-state index is 3.97. The maximum atomic E-state index is 3.97. The molecule has 0 aliphatic heterocycles. The molecule has 18 heavy (non-hydrogen) atoms. The van der Waals surface area contributed by atoms with Crippen LogP contribution in [0.5, 0.6) is 0 Å². The smallest absolute Gasteiger partial charge is 0.00772 e. The molecular weight excluding hydrogens is 218 g/mol. The molecule has 0 heterocycles. The van der Waals surface area contributed by atoms with Gasteiger partial charge in [-0.25, -0.2) is 0 Å². The molecule has 0 aromatic heterocycles. The van der Waals surface area contributed by atoms with E-state index in [4.69, 9.17) is 0 Å². The molecule has 0 aromatic rings. The van der Waals surface area contributed by atoms with Gasteiger partial charge in [-0.15, -0.1) is 0 Å². The van der Waals surface area contributed by atoms with Gasteiger partial charge in [0.1, 0.15) is 0 Å². The minimum atomic E-state index is 0.543. The third-order valence-corrected chi connectivity index (χ3v) is 5.24. The molecule has 0 radical (unpaired) electrons. The van der Waals surface area contributed by atoms with E-state index in [1.54, 1.807) is 0 Å². The summed E-state index contributed by atoms with van der Waals surface area (Å²) in [5.41, 5.74) is 0.543. The Kier molecular flexibility index (Phi) is 4.75. The number of hydrogen-bond donors (Lipinski definition) is 1. The minimum Gasteiger partial charge on any atom is -0.311 e. The lowest BCUT2D eigenvalue weighted by Crippen LogP contribution is -2.46. The summed E-state index contributed by atoms with van der Waals surface area (Å²) in [6.07, 6.45) is 11.5. The lowest BCUT2D eigenvalue weighted by molar-refractivity contribution is 0.134. The lowest BCUT2D eigenvalue weighted by atomic mass is 9.70. The van der Waals surface area contributed by atoms with Gasteiger partial charge in [0.2, 0.25) is 0 Å². The zero-order valence-corrected chi connectivity index (χ0v) is 13.0. The zero-order valence-electron chi connectivity index (χ0n) is 13.0. The molecule has 0 bridgehead atoms. The fourth-order valence-electron chi connectivity index (χ4n) is 4.62. The predicted octanol–water partition coefficient (Wildman–Crippen LogP) is 4.76. The van der Waals surface area contributed by atoms with Gasteiger partial charge in [-0.05, 0) is 56.3 Å². The molecule has 1 N–H and O–H groups in total. The Morgan fingerprint density at radius 2 is 1.72 bits per heavy atom. The molecule has 2 rings (SSSR count). The van der Waals surface area contributed by atoms with Gasteiger partial charge in [-0.1, -0.05) is 40.0 Å². The van der Waals surface area contributed by atoms with Crippen molar-refractivity contribution in [1.29, 1.82) is 0 Å². The van der Waals surface area contributed by atoms with E-state index in [9.17, 15) is 0 Å². The Balaban J connectivity index is 1.84. The van der Waals surface area contributed by atoms with E-state index in [2.05, 4.69) is 33.0 Å². The van der Waals surface area contributed by atoms with Crippen molar-refractivity contribution >= 4 is 0 Å². The molecule has 3 atom stereocenters. The molecule has 106 valence electrons. The van der Waals surface area contributed by atoms with E-state index in [-0.39, 0.29) is 0 Å². The molecule has 2 aliphatic carbocycles. The summed E-state index contributed by atoms with van der Waals surface area (Å²) >= 11 is 0. The van der Waals surface area contributed by atoms with Gasteiger partial charge in [-0.3, -0.25) is 0 Å². The molecule has 2 saturated carbocycles. The highest BCUT2D eigenvalue weighted by atomic mass is 15.0. The van der Waals surface area contributed by atoms with Crippen LogP contribution in [0.25, 0.3) is 0 Å². The van der Waals surface area contributed by atoms with Gasteiger partial charge in [0.15, 0.2) is 0 Å². The molecule has 0 amide bonds. The molecule has 2 aliphatic rings.